The van der Waals surface area contributed by atoms with Gasteiger partial charge in [0, 0.05) is 0 Å². The molecule has 2 saturated carbocycles. The molecule has 0 amide bonds. The van der Waals surface area contributed by atoms with Gasteiger partial charge in [0.1, 0.15) is 0 Å². The lowest BCUT2D eigenvalue weighted by atomic mass is 9.82. The highest BCUT2D eigenvalue weighted by Crippen LogP contribution is 2.52. The van der Waals surface area contributed by atoms with Crippen LogP contribution in [0.4, 0.5) is 0 Å². The van der Waals surface area contributed by atoms with E-state index in [-0.39, 0.29) is 6.10 Å². The van der Waals surface area contributed by atoms with Gasteiger partial charge in [0.05, 0.1) is 16.1 Å². The van der Waals surface area contributed by atoms with Crippen molar-refractivity contribution in [2.75, 3.05) is 0 Å². The zero-order chi connectivity index (χ0) is 12.0. The van der Waals surface area contributed by atoms with Crippen molar-refractivity contribution >= 4 is 23.2 Å². The maximum absolute atomic E-state index is 10.5. The number of benzene rings is 1. The fourth-order valence-corrected chi connectivity index (χ4v) is 3.93. The molecular formula is C14H16Cl2O. The van der Waals surface area contributed by atoms with Gasteiger partial charge in [0.15, 0.2) is 0 Å². The molecule has 2 bridgehead atoms. The van der Waals surface area contributed by atoms with E-state index in [0.29, 0.717) is 21.9 Å². The van der Waals surface area contributed by atoms with Crippen molar-refractivity contribution in [3.05, 3.63) is 33.8 Å². The van der Waals surface area contributed by atoms with Crippen LogP contribution in [-0.2, 0) is 0 Å². The van der Waals surface area contributed by atoms with Crippen molar-refractivity contribution in [2.45, 2.75) is 31.8 Å². The first-order valence-corrected chi connectivity index (χ1v) is 7.03. The van der Waals surface area contributed by atoms with Crippen LogP contribution in [0.2, 0.25) is 10.0 Å². The molecule has 2 fully saturated rings. The van der Waals surface area contributed by atoms with Gasteiger partial charge in [-0.15, -0.1) is 0 Å². The van der Waals surface area contributed by atoms with E-state index in [0.717, 1.165) is 11.5 Å². The van der Waals surface area contributed by atoms with Gasteiger partial charge in [-0.1, -0.05) is 35.7 Å². The van der Waals surface area contributed by atoms with Gasteiger partial charge in [0.2, 0.25) is 0 Å². The van der Waals surface area contributed by atoms with Gasteiger partial charge in [-0.05, 0) is 54.7 Å². The van der Waals surface area contributed by atoms with Crippen LogP contribution in [0.5, 0.6) is 0 Å². The van der Waals surface area contributed by atoms with Crippen molar-refractivity contribution < 1.29 is 5.11 Å². The molecule has 92 valence electrons. The summed E-state index contributed by atoms with van der Waals surface area (Å²) < 4.78 is 0. The van der Waals surface area contributed by atoms with Crippen molar-refractivity contribution in [3.63, 3.8) is 0 Å². The molecule has 3 rings (SSSR count). The predicted octanol–water partition coefficient (Wildman–Crippen LogP) is 4.46. The average molecular weight is 271 g/mol. The molecule has 0 spiro atoms. The number of hydrogen-bond acceptors (Lipinski definition) is 1. The van der Waals surface area contributed by atoms with E-state index >= 15 is 0 Å². The normalized spacial score (nSPS) is 33.0. The molecule has 1 N–H and O–H groups in total. The smallest absolute Gasteiger partial charge is 0.0821 e. The van der Waals surface area contributed by atoms with Gasteiger partial charge in [-0.3, -0.25) is 0 Å². The molecule has 0 aromatic heterocycles. The molecule has 0 radical (unpaired) electrons. The molecule has 17 heavy (non-hydrogen) atoms. The molecule has 1 aromatic carbocycles. The fraction of sp³-hybridized carbons (Fsp3) is 0.571. The molecule has 0 saturated heterocycles. The number of hydrogen-bond donors (Lipinski definition) is 1. The van der Waals surface area contributed by atoms with E-state index in [1.54, 1.807) is 12.1 Å². The number of aliphatic hydroxyl groups is 1. The lowest BCUT2D eigenvalue weighted by Crippen LogP contribution is -2.19. The molecule has 2 aliphatic rings. The Balaban J connectivity index is 1.81. The second-order valence-corrected chi connectivity index (χ2v) is 6.27. The highest BCUT2D eigenvalue weighted by molar-refractivity contribution is 6.42. The quantitative estimate of drug-likeness (QED) is 0.841. The summed E-state index contributed by atoms with van der Waals surface area (Å²) in [4.78, 5) is 0. The topological polar surface area (TPSA) is 20.2 Å². The van der Waals surface area contributed by atoms with Crippen LogP contribution in [0.1, 0.15) is 37.4 Å². The zero-order valence-electron chi connectivity index (χ0n) is 9.57. The van der Waals surface area contributed by atoms with Crippen molar-refractivity contribution in [1.82, 2.24) is 0 Å². The molecule has 2 aliphatic carbocycles. The highest BCUT2D eigenvalue weighted by atomic mass is 35.5. The summed E-state index contributed by atoms with van der Waals surface area (Å²) >= 11 is 11.9. The monoisotopic (exact) mass is 270 g/mol. The second kappa shape index (κ2) is 4.46. The summed E-state index contributed by atoms with van der Waals surface area (Å²) in [5.74, 6) is 1.98. The van der Waals surface area contributed by atoms with E-state index in [1.807, 2.05) is 6.07 Å². The Morgan fingerprint density at radius 1 is 1.12 bits per heavy atom. The molecular weight excluding hydrogens is 255 g/mol. The van der Waals surface area contributed by atoms with Crippen molar-refractivity contribution in [3.8, 4) is 0 Å². The Labute approximate surface area is 112 Å². The highest BCUT2D eigenvalue weighted by Gasteiger charge is 2.43. The maximum atomic E-state index is 10.5. The number of fused-ring (bicyclic) bond motifs is 2. The van der Waals surface area contributed by atoms with Gasteiger partial charge < -0.3 is 5.11 Å². The third-order valence-corrected chi connectivity index (χ3v) is 5.22. The Bertz CT molecular complexity index is 432. The van der Waals surface area contributed by atoms with Gasteiger partial charge >= 0.3 is 0 Å². The molecule has 0 heterocycles. The lowest BCUT2D eigenvalue weighted by Gasteiger charge is -2.27. The number of halogens is 2. The Morgan fingerprint density at radius 3 is 2.53 bits per heavy atom. The van der Waals surface area contributed by atoms with Gasteiger partial charge in [-0.2, -0.15) is 0 Å². The summed E-state index contributed by atoms with van der Waals surface area (Å²) in [6.45, 7) is 0. The second-order valence-electron chi connectivity index (χ2n) is 5.46. The summed E-state index contributed by atoms with van der Waals surface area (Å²) in [6, 6.07) is 5.47. The maximum Gasteiger partial charge on any atom is 0.0821 e. The Kier molecular flexibility index (Phi) is 3.10. The summed E-state index contributed by atoms with van der Waals surface area (Å²) in [7, 11) is 0. The summed E-state index contributed by atoms with van der Waals surface area (Å²) in [6.07, 6.45) is 4.75. The third-order valence-electron chi connectivity index (χ3n) is 4.48. The van der Waals surface area contributed by atoms with E-state index in [9.17, 15) is 5.11 Å². The van der Waals surface area contributed by atoms with E-state index in [4.69, 9.17) is 23.2 Å². The third kappa shape index (κ3) is 2.09. The van der Waals surface area contributed by atoms with Gasteiger partial charge in [0.25, 0.3) is 0 Å². The molecule has 4 unspecified atom stereocenters. The van der Waals surface area contributed by atoms with Crippen LogP contribution in [-0.4, -0.2) is 5.11 Å². The first-order chi connectivity index (χ1) is 8.15. The number of aliphatic hydroxyl groups excluding tert-OH is 1. The van der Waals surface area contributed by atoms with Crippen LogP contribution in [0.15, 0.2) is 18.2 Å². The molecule has 0 aliphatic heterocycles. The molecule has 1 aromatic rings. The van der Waals surface area contributed by atoms with E-state index in [1.165, 1.54) is 25.7 Å². The average Bonchev–Trinajstić information content (AvgIpc) is 2.93. The largest absolute Gasteiger partial charge is 0.388 e. The van der Waals surface area contributed by atoms with Crippen LogP contribution >= 0.6 is 23.2 Å². The number of rotatable bonds is 2. The minimum atomic E-state index is -0.375. The molecule has 1 nitrogen and oxygen atoms in total. The lowest BCUT2D eigenvalue weighted by molar-refractivity contribution is 0.0745. The van der Waals surface area contributed by atoms with Crippen LogP contribution in [0.3, 0.4) is 0 Å². The zero-order valence-corrected chi connectivity index (χ0v) is 11.1. The SMILES string of the molecule is OC(c1ccc(Cl)c(Cl)c1)C1CC2CCC1C2. The van der Waals surface area contributed by atoms with Gasteiger partial charge in [-0.25, -0.2) is 0 Å². The fourth-order valence-electron chi connectivity index (χ4n) is 3.62. The molecule has 4 atom stereocenters. The Hall–Kier alpha value is -0.240. The van der Waals surface area contributed by atoms with Crippen molar-refractivity contribution in [1.29, 1.82) is 0 Å². The minimum Gasteiger partial charge on any atom is -0.388 e. The predicted molar refractivity (Wildman–Crippen MR) is 70.4 cm³/mol. The van der Waals surface area contributed by atoms with Crippen LogP contribution in [0.25, 0.3) is 0 Å². The minimum absolute atomic E-state index is 0.375. The first-order valence-electron chi connectivity index (χ1n) is 6.28. The molecule has 3 heteroatoms. The van der Waals surface area contributed by atoms with Crippen LogP contribution in [0, 0.1) is 17.8 Å². The first kappa shape index (κ1) is 11.8. The Morgan fingerprint density at radius 2 is 1.94 bits per heavy atom. The summed E-state index contributed by atoms with van der Waals surface area (Å²) in [5, 5.41) is 11.5. The van der Waals surface area contributed by atoms with E-state index < -0.39 is 0 Å². The van der Waals surface area contributed by atoms with Crippen LogP contribution < -0.4 is 0 Å². The van der Waals surface area contributed by atoms with Crippen molar-refractivity contribution in [2.24, 2.45) is 17.8 Å². The standard InChI is InChI=1S/C14H16Cl2O/c15-12-4-3-10(7-13(12)16)14(17)11-6-8-1-2-9(11)5-8/h3-4,7-9,11,14,17H,1-2,5-6H2. The van der Waals surface area contributed by atoms with E-state index in [2.05, 4.69) is 0 Å². The summed E-state index contributed by atoms with van der Waals surface area (Å²) in [5.41, 5.74) is 0.914.